The number of rotatable bonds is 4. The third kappa shape index (κ3) is 5.32. The zero-order chi connectivity index (χ0) is 26.9. The topological polar surface area (TPSA) is 169 Å². The molecule has 0 aromatic carbocycles. The Morgan fingerprint density at radius 2 is 1.97 bits per heavy atom. The minimum absolute atomic E-state index is 0.107. The van der Waals surface area contributed by atoms with Crippen molar-refractivity contribution in [3.8, 4) is 11.8 Å². The number of aliphatic hydroxyl groups is 2. The molecule has 5 N–H and O–H groups in total. The number of carbonyl (C=O) groups excluding carboxylic acids is 2. The Balaban J connectivity index is 1.47. The number of hydrogen-bond acceptors (Lipinski definition) is 9. The van der Waals surface area contributed by atoms with Gasteiger partial charge in [-0.05, 0) is 31.6 Å². The number of imidazole rings is 1. The van der Waals surface area contributed by atoms with Gasteiger partial charge in [-0.1, -0.05) is 26.7 Å². The number of nitrogen functional groups attached to an aromatic ring is 1. The number of hydrogen-bond donors (Lipinski definition) is 4. The van der Waals surface area contributed by atoms with E-state index in [-0.39, 0.29) is 39.9 Å². The fourth-order valence-electron chi connectivity index (χ4n) is 4.40. The Kier molecular flexibility index (Phi) is 7.27. The van der Waals surface area contributed by atoms with Crippen LogP contribution in [0.4, 0.5) is 5.82 Å². The highest BCUT2D eigenvalue weighted by Gasteiger charge is 2.41. The number of piperidine rings is 1. The highest BCUT2D eigenvalue weighted by molar-refractivity contribution is 5.92. The fourth-order valence-corrected chi connectivity index (χ4v) is 4.40. The first kappa shape index (κ1) is 26.2. The van der Waals surface area contributed by atoms with Gasteiger partial charge >= 0.3 is 0 Å². The van der Waals surface area contributed by atoms with E-state index >= 15 is 0 Å². The number of aliphatic hydroxyl groups excluding tert-OH is 2. The van der Waals surface area contributed by atoms with Crippen molar-refractivity contribution in [2.24, 2.45) is 11.3 Å². The van der Waals surface area contributed by atoms with Crippen LogP contribution in [0.5, 0.6) is 0 Å². The zero-order valence-electron chi connectivity index (χ0n) is 21.5. The second kappa shape index (κ2) is 10.3. The predicted molar refractivity (Wildman–Crippen MR) is 134 cm³/mol. The van der Waals surface area contributed by atoms with Gasteiger partial charge in [0.25, 0.3) is 5.91 Å². The number of aromatic nitrogens is 4. The molecule has 1 saturated heterocycles. The molecule has 37 heavy (non-hydrogen) atoms. The SMILES string of the molecule is CCNC(=O)C1=C(O)C(O)[C@H](n2cnc3c(N)nc(C#CCC4CCN(C(=O)C(C)(C)C)CC4)nc32)O1. The monoisotopic (exact) mass is 511 g/mol. The van der Waals surface area contributed by atoms with Gasteiger partial charge in [0.2, 0.25) is 23.7 Å². The molecule has 12 heteroatoms. The smallest absolute Gasteiger partial charge is 0.290 e. The summed E-state index contributed by atoms with van der Waals surface area (Å²) in [4.78, 5) is 39.4. The zero-order valence-corrected chi connectivity index (χ0v) is 21.5. The summed E-state index contributed by atoms with van der Waals surface area (Å²) in [6, 6.07) is 0. The molecule has 2 aromatic heterocycles. The van der Waals surface area contributed by atoms with Gasteiger partial charge in [0.1, 0.15) is 11.8 Å². The van der Waals surface area contributed by atoms with Crippen molar-refractivity contribution in [1.82, 2.24) is 29.7 Å². The van der Waals surface area contributed by atoms with E-state index in [1.807, 2.05) is 25.7 Å². The van der Waals surface area contributed by atoms with E-state index in [0.717, 1.165) is 25.9 Å². The second-order valence-electron chi connectivity index (χ2n) is 10.3. The van der Waals surface area contributed by atoms with E-state index in [0.29, 0.717) is 18.9 Å². The van der Waals surface area contributed by atoms with Crippen LogP contribution >= 0.6 is 0 Å². The summed E-state index contributed by atoms with van der Waals surface area (Å²) in [5, 5.41) is 23.3. The van der Waals surface area contributed by atoms with E-state index in [9.17, 15) is 19.8 Å². The lowest BCUT2D eigenvalue weighted by atomic mass is 9.90. The molecule has 2 aliphatic rings. The van der Waals surface area contributed by atoms with Crippen LogP contribution in [0.2, 0.25) is 0 Å². The standard InChI is InChI=1S/C25H33N7O5/c1-5-27-22(35)19-17(33)18(34)23(37-19)32-13-28-16-20(26)29-15(30-21(16)32)8-6-7-14-9-11-31(12-10-14)24(36)25(2,3)4/h13-14,18,23,33-34H,5,7,9-12H2,1-4H3,(H,27,35)(H2,26,29,30)/t18?,23-/m1/s1. The van der Waals surface area contributed by atoms with Crippen LogP contribution in [-0.4, -0.2) is 72.2 Å². The van der Waals surface area contributed by atoms with Gasteiger partial charge in [-0.3, -0.25) is 14.2 Å². The van der Waals surface area contributed by atoms with Gasteiger partial charge in [-0.25, -0.2) is 15.0 Å². The minimum Gasteiger partial charge on any atom is -0.506 e. The number of anilines is 1. The van der Waals surface area contributed by atoms with Gasteiger partial charge in [0.15, 0.2) is 23.3 Å². The van der Waals surface area contributed by atoms with E-state index in [1.54, 1.807) is 6.92 Å². The summed E-state index contributed by atoms with van der Waals surface area (Å²) in [5.74, 6) is 5.33. The number of nitrogens with two attached hydrogens (primary N) is 1. The first-order valence-electron chi connectivity index (χ1n) is 12.4. The molecular formula is C25H33N7O5. The van der Waals surface area contributed by atoms with Gasteiger partial charge in [-0.2, -0.15) is 0 Å². The first-order valence-corrected chi connectivity index (χ1v) is 12.4. The van der Waals surface area contributed by atoms with Crippen molar-refractivity contribution < 1.29 is 24.5 Å². The van der Waals surface area contributed by atoms with E-state index < -0.39 is 24.0 Å². The molecule has 0 saturated carbocycles. The predicted octanol–water partition coefficient (Wildman–Crippen LogP) is 1.23. The van der Waals surface area contributed by atoms with Gasteiger partial charge in [-0.15, -0.1) is 0 Å². The van der Waals surface area contributed by atoms with Crippen molar-refractivity contribution in [1.29, 1.82) is 0 Å². The first-order chi connectivity index (χ1) is 17.5. The van der Waals surface area contributed by atoms with Crippen molar-refractivity contribution in [2.75, 3.05) is 25.4 Å². The quantitative estimate of drug-likeness (QED) is 0.441. The number of ether oxygens (including phenoxy) is 1. The average Bonchev–Trinajstić information content (AvgIpc) is 3.40. The molecule has 1 fully saturated rings. The Morgan fingerprint density at radius 3 is 2.62 bits per heavy atom. The number of nitrogens with one attached hydrogen (secondary N) is 1. The maximum Gasteiger partial charge on any atom is 0.290 e. The number of carbonyl (C=O) groups is 2. The van der Waals surface area contributed by atoms with Gasteiger partial charge in [0.05, 0.1) is 0 Å². The summed E-state index contributed by atoms with van der Waals surface area (Å²) in [7, 11) is 0. The van der Waals surface area contributed by atoms with Crippen LogP contribution in [0, 0.1) is 23.2 Å². The molecule has 4 rings (SSSR count). The van der Waals surface area contributed by atoms with Gasteiger partial charge < -0.3 is 30.9 Å². The Labute approximate surface area is 214 Å². The molecule has 0 bridgehead atoms. The molecule has 198 valence electrons. The van der Waals surface area contributed by atoms with Crippen LogP contribution in [0.3, 0.4) is 0 Å². The molecule has 2 atom stereocenters. The molecule has 0 radical (unpaired) electrons. The molecule has 0 aliphatic carbocycles. The average molecular weight is 512 g/mol. The molecule has 1 unspecified atom stereocenters. The lowest BCUT2D eigenvalue weighted by Crippen LogP contribution is -2.44. The number of likely N-dealkylation sites (N-methyl/N-ethyl adjacent to an activating group) is 1. The number of amides is 2. The Hall–Kier alpha value is -3.85. The Bertz CT molecular complexity index is 1290. The molecule has 2 aromatic rings. The van der Waals surface area contributed by atoms with Crippen molar-refractivity contribution in [2.45, 2.75) is 59.3 Å². The third-order valence-electron chi connectivity index (χ3n) is 6.42. The van der Waals surface area contributed by atoms with Crippen LogP contribution < -0.4 is 11.1 Å². The number of likely N-dealkylation sites (tertiary alicyclic amines) is 1. The van der Waals surface area contributed by atoms with E-state index in [2.05, 4.69) is 32.1 Å². The molecule has 2 aliphatic heterocycles. The second-order valence-corrected chi connectivity index (χ2v) is 10.3. The van der Waals surface area contributed by atoms with Crippen LogP contribution in [0.15, 0.2) is 17.8 Å². The lowest BCUT2D eigenvalue weighted by Gasteiger charge is -2.35. The fraction of sp³-hybridized carbons (Fsp3) is 0.560. The number of nitrogens with zero attached hydrogens (tertiary/aromatic N) is 5. The normalized spacial score (nSPS) is 20.5. The maximum atomic E-state index is 12.5. The molecular weight excluding hydrogens is 478 g/mol. The molecule has 2 amide bonds. The summed E-state index contributed by atoms with van der Waals surface area (Å²) in [5.41, 5.74) is 6.23. The molecule has 4 heterocycles. The highest BCUT2D eigenvalue weighted by Crippen LogP contribution is 2.34. The molecule has 0 spiro atoms. The van der Waals surface area contributed by atoms with Crippen molar-refractivity contribution >= 4 is 28.8 Å². The van der Waals surface area contributed by atoms with Crippen LogP contribution in [0.1, 0.15) is 59.0 Å². The molecule has 12 nitrogen and oxygen atoms in total. The summed E-state index contributed by atoms with van der Waals surface area (Å²) >= 11 is 0. The number of fused-ring (bicyclic) bond motifs is 1. The maximum absolute atomic E-state index is 12.5. The van der Waals surface area contributed by atoms with Crippen molar-refractivity contribution in [3.63, 3.8) is 0 Å². The summed E-state index contributed by atoms with van der Waals surface area (Å²) < 4.78 is 6.95. The van der Waals surface area contributed by atoms with Crippen molar-refractivity contribution in [3.05, 3.63) is 23.7 Å². The largest absolute Gasteiger partial charge is 0.506 e. The lowest BCUT2D eigenvalue weighted by molar-refractivity contribution is -0.140. The highest BCUT2D eigenvalue weighted by atomic mass is 16.5. The summed E-state index contributed by atoms with van der Waals surface area (Å²) in [6.07, 6.45) is 1.08. The Morgan fingerprint density at radius 1 is 1.27 bits per heavy atom. The third-order valence-corrected chi connectivity index (χ3v) is 6.42. The van der Waals surface area contributed by atoms with Gasteiger partial charge in [0, 0.05) is 31.5 Å². The minimum atomic E-state index is -1.50. The van der Waals surface area contributed by atoms with Crippen LogP contribution in [0.25, 0.3) is 11.2 Å². The van der Waals surface area contributed by atoms with E-state index in [1.165, 1.54) is 10.9 Å². The van der Waals surface area contributed by atoms with E-state index in [4.69, 9.17) is 10.5 Å². The summed E-state index contributed by atoms with van der Waals surface area (Å²) in [6.45, 7) is 9.29. The van der Waals surface area contributed by atoms with Crippen LogP contribution in [-0.2, 0) is 14.3 Å².